The Morgan fingerprint density at radius 1 is 1.22 bits per heavy atom. The van der Waals surface area contributed by atoms with Crippen LogP contribution < -0.4 is 16.0 Å². The molecule has 1 fully saturated rings. The number of nitrogens with zero attached hydrogens (tertiary/aromatic N) is 1. The Bertz CT molecular complexity index is 618. The monoisotopic (exact) mass is 374 g/mol. The van der Waals surface area contributed by atoms with Gasteiger partial charge in [0.05, 0.1) is 0 Å². The van der Waals surface area contributed by atoms with Gasteiger partial charge in [0, 0.05) is 29.9 Å². The smallest absolute Gasteiger partial charge is 0.319 e. The van der Waals surface area contributed by atoms with Crippen LogP contribution in [0.15, 0.2) is 24.3 Å². The number of urea groups is 1. The van der Waals surface area contributed by atoms with Crippen molar-refractivity contribution in [1.29, 1.82) is 0 Å². The summed E-state index contributed by atoms with van der Waals surface area (Å²) < 4.78 is 0. The number of hydrogen-bond donors (Lipinski definition) is 3. The van der Waals surface area contributed by atoms with Gasteiger partial charge < -0.3 is 20.9 Å². The minimum atomic E-state index is -0.269. The quantitative estimate of drug-likeness (QED) is 0.609. The van der Waals surface area contributed by atoms with Gasteiger partial charge in [0.1, 0.15) is 0 Å². The number of carbonyl (C=O) groups excluding carboxylic acids is 2. The maximum absolute atomic E-state index is 12.3. The molecule has 0 saturated carbocycles. The van der Waals surface area contributed by atoms with E-state index in [9.17, 15) is 9.59 Å². The van der Waals surface area contributed by atoms with E-state index in [1.54, 1.807) is 24.3 Å². The van der Waals surface area contributed by atoms with Gasteiger partial charge >= 0.3 is 6.03 Å². The molecule has 1 aromatic carbocycles. The number of hydrogen-bond acceptors (Lipinski definition) is 3. The Hall–Kier alpha value is -2.08. The van der Waals surface area contributed by atoms with Crippen molar-refractivity contribution in [2.24, 2.45) is 0 Å². The first-order valence-electron chi connectivity index (χ1n) is 10.2. The number of amides is 3. The summed E-state index contributed by atoms with van der Waals surface area (Å²) in [5.74, 6) is -0.103. The van der Waals surface area contributed by atoms with Crippen molar-refractivity contribution >= 4 is 17.6 Å². The van der Waals surface area contributed by atoms with Gasteiger partial charge in [-0.15, -0.1) is 0 Å². The van der Waals surface area contributed by atoms with Crippen molar-refractivity contribution in [3.63, 3.8) is 0 Å². The van der Waals surface area contributed by atoms with Crippen LogP contribution in [-0.2, 0) is 0 Å². The predicted octanol–water partition coefficient (Wildman–Crippen LogP) is 3.60. The molecule has 6 heteroatoms. The highest BCUT2D eigenvalue weighted by Gasteiger charge is 2.17. The molecule has 1 aromatic rings. The lowest BCUT2D eigenvalue weighted by Gasteiger charge is -2.33. The fourth-order valence-electron chi connectivity index (χ4n) is 3.40. The van der Waals surface area contributed by atoms with Crippen LogP contribution >= 0.6 is 0 Å². The number of unbranched alkanes of at least 4 members (excludes halogenated alkanes) is 1. The first kappa shape index (κ1) is 21.2. The lowest BCUT2D eigenvalue weighted by molar-refractivity contribution is 0.0951. The molecule has 0 aliphatic carbocycles. The van der Waals surface area contributed by atoms with Crippen LogP contribution in [0.2, 0.25) is 0 Å². The van der Waals surface area contributed by atoms with Crippen molar-refractivity contribution in [3.8, 4) is 0 Å². The molecular formula is C21H34N4O2. The summed E-state index contributed by atoms with van der Waals surface area (Å²) in [6.07, 6.45) is 6.03. The van der Waals surface area contributed by atoms with Crippen LogP contribution in [0.25, 0.3) is 0 Å². The van der Waals surface area contributed by atoms with Gasteiger partial charge in [-0.3, -0.25) is 4.79 Å². The topological polar surface area (TPSA) is 73.5 Å². The third-order valence-corrected chi connectivity index (χ3v) is 4.90. The fraction of sp³-hybridized carbons (Fsp3) is 0.619. The fourth-order valence-corrected chi connectivity index (χ4v) is 3.40. The Balaban J connectivity index is 1.70. The van der Waals surface area contributed by atoms with Gasteiger partial charge in [0.15, 0.2) is 0 Å². The van der Waals surface area contributed by atoms with Gasteiger partial charge in [-0.1, -0.05) is 12.5 Å². The van der Waals surface area contributed by atoms with Crippen molar-refractivity contribution in [3.05, 3.63) is 29.8 Å². The molecule has 1 unspecified atom stereocenters. The molecule has 0 bridgehead atoms. The number of rotatable bonds is 8. The molecule has 1 heterocycles. The largest absolute Gasteiger partial charge is 0.352 e. The van der Waals surface area contributed by atoms with E-state index in [0.717, 1.165) is 19.4 Å². The maximum atomic E-state index is 12.3. The van der Waals surface area contributed by atoms with Gasteiger partial charge in [-0.05, 0) is 77.7 Å². The SMILES string of the molecule is CC(C)NC(=O)Nc1cccc(C(=O)NCCCCN2CCCCC2C)c1. The molecule has 3 amide bonds. The molecule has 1 aliphatic heterocycles. The summed E-state index contributed by atoms with van der Waals surface area (Å²) in [5.41, 5.74) is 1.17. The molecule has 0 spiro atoms. The summed E-state index contributed by atoms with van der Waals surface area (Å²) in [6, 6.07) is 7.49. The number of carbonyl (C=O) groups is 2. The normalized spacial score (nSPS) is 17.6. The third kappa shape index (κ3) is 7.59. The first-order chi connectivity index (χ1) is 13.0. The van der Waals surface area contributed by atoms with Gasteiger partial charge in [0.2, 0.25) is 0 Å². The zero-order valence-corrected chi connectivity index (χ0v) is 16.9. The average molecular weight is 375 g/mol. The standard InChI is InChI=1S/C21H34N4O2/c1-16(2)23-21(27)24-19-11-8-10-18(15-19)20(26)22-12-5-7-14-25-13-6-4-9-17(25)3/h8,10-11,15-17H,4-7,9,12-14H2,1-3H3,(H,22,26)(H2,23,24,27). The average Bonchev–Trinajstić information content (AvgIpc) is 2.62. The Morgan fingerprint density at radius 3 is 2.78 bits per heavy atom. The van der Waals surface area contributed by atoms with E-state index in [2.05, 4.69) is 27.8 Å². The van der Waals surface area contributed by atoms with Crippen LogP contribution in [-0.4, -0.2) is 48.6 Å². The number of nitrogens with one attached hydrogen (secondary N) is 3. The van der Waals surface area contributed by atoms with E-state index < -0.39 is 0 Å². The molecule has 6 nitrogen and oxygen atoms in total. The van der Waals surface area contributed by atoms with Crippen LogP contribution in [0.3, 0.4) is 0 Å². The molecule has 0 aromatic heterocycles. The number of anilines is 1. The Labute approximate surface area is 163 Å². The van der Waals surface area contributed by atoms with Crippen LogP contribution in [0.1, 0.15) is 63.2 Å². The summed E-state index contributed by atoms with van der Waals surface area (Å²) in [6.45, 7) is 9.10. The van der Waals surface area contributed by atoms with Gasteiger partial charge in [-0.25, -0.2) is 4.79 Å². The molecular weight excluding hydrogens is 340 g/mol. The van der Waals surface area contributed by atoms with E-state index in [0.29, 0.717) is 23.8 Å². The lowest BCUT2D eigenvalue weighted by atomic mass is 10.0. The van der Waals surface area contributed by atoms with Crippen LogP contribution in [0.4, 0.5) is 10.5 Å². The summed E-state index contributed by atoms with van der Waals surface area (Å²) in [7, 11) is 0. The number of piperidine rings is 1. The van der Waals surface area contributed by atoms with Crippen molar-refractivity contribution in [2.75, 3.05) is 25.0 Å². The number of likely N-dealkylation sites (tertiary alicyclic amines) is 1. The second kappa shape index (κ2) is 10.9. The minimum Gasteiger partial charge on any atom is -0.352 e. The summed E-state index contributed by atoms with van der Waals surface area (Å²) in [5, 5.41) is 8.49. The second-order valence-electron chi connectivity index (χ2n) is 7.68. The van der Waals surface area contributed by atoms with Gasteiger partial charge in [-0.2, -0.15) is 0 Å². The van der Waals surface area contributed by atoms with Crippen molar-refractivity contribution < 1.29 is 9.59 Å². The summed E-state index contributed by atoms with van der Waals surface area (Å²) in [4.78, 5) is 26.7. The van der Waals surface area contributed by atoms with E-state index >= 15 is 0 Å². The molecule has 1 aliphatic rings. The highest BCUT2D eigenvalue weighted by Crippen LogP contribution is 2.16. The summed E-state index contributed by atoms with van der Waals surface area (Å²) >= 11 is 0. The van der Waals surface area contributed by atoms with Crippen molar-refractivity contribution in [2.45, 2.75) is 65.0 Å². The predicted molar refractivity (Wildman–Crippen MR) is 110 cm³/mol. The van der Waals surface area contributed by atoms with E-state index in [4.69, 9.17) is 0 Å². The van der Waals surface area contributed by atoms with E-state index in [1.807, 2.05) is 13.8 Å². The molecule has 2 rings (SSSR count). The molecule has 1 atom stereocenters. The third-order valence-electron chi connectivity index (χ3n) is 4.90. The molecule has 1 saturated heterocycles. The molecule has 3 N–H and O–H groups in total. The Morgan fingerprint density at radius 2 is 2.04 bits per heavy atom. The zero-order valence-electron chi connectivity index (χ0n) is 16.9. The van der Waals surface area contributed by atoms with E-state index in [1.165, 1.54) is 25.8 Å². The molecule has 0 radical (unpaired) electrons. The van der Waals surface area contributed by atoms with Gasteiger partial charge in [0.25, 0.3) is 5.91 Å². The second-order valence-corrected chi connectivity index (χ2v) is 7.68. The van der Waals surface area contributed by atoms with Crippen molar-refractivity contribution in [1.82, 2.24) is 15.5 Å². The highest BCUT2D eigenvalue weighted by molar-refractivity contribution is 5.96. The first-order valence-corrected chi connectivity index (χ1v) is 10.2. The van der Waals surface area contributed by atoms with E-state index in [-0.39, 0.29) is 18.0 Å². The van der Waals surface area contributed by atoms with Crippen LogP contribution in [0, 0.1) is 0 Å². The van der Waals surface area contributed by atoms with Crippen LogP contribution in [0.5, 0.6) is 0 Å². The highest BCUT2D eigenvalue weighted by atomic mass is 16.2. The number of benzene rings is 1. The lowest BCUT2D eigenvalue weighted by Crippen LogP contribution is -2.38. The maximum Gasteiger partial charge on any atom is 0.319 e. The Kier molecular flexibility index (Phi) is 8.58. The zero-order chi connectivity index (χ0) is 19.6. The molecule has 27 heavy (non-hydrogen) atoms. The molecule has 150 valence electrons. The minimum absolute atomic E-state index is 0.0596.